The van der Waals surface area contributed by atoms with Crippen LogP contribution in [-0.2, 0) is 11.3 Å². The van der Waals surface area contributed by atoms with E-state index >= 15 is 0 Å². The number of ether oxygens (including phenoxy) is 1. The summed E-state index contributed by atoms with van der Waals surface area (Å²) in [5, 5.41) is 0. The van der Waals surface area contributed by atoms with Crippen molar-refractivity contribution < 1.29 is 9.53 Å². The van der Waals surface area contributed by atoms with Gasteiger partial charge in [-0.3, -0.25) is 9.78 Å². The van der Waals surface area contributed by atoms with Crippen molar-refractivity contribution >= 4 is 29.3 Å². The number of nitrogens with one attached hydrogen (secondary N) is 2. The van der Waals surface area contributed by atoms with Crippen molar-refractivity contribution in [3.8, 4) is 0 Å². The lowest BCUT2D eigenvalue weighted by molar-refractivity contribution is 0.0827. The van der Waals surface area contributed by atoms with Gasteiger partial charge in [-0.05, 0) is 30.6 Å². The van der Waals surface area contributed by atoms with Crippen molar-refractivity contribution in [1.82, 2.24) is 14.5 Å². The maximum absolute atomic E-state index is 11.8. The number of carbonyl (C=O) groups excluding carboxylic acids is 1. The minimum absolute atomic E-state index is 0.271. The van der Waals surface area contributed by atoms with Crippen molar-refractivity contribution in [2.75, 3.05) is 0 Å². The fourth-order valence-corrected chi connectivity index (χ4v) is 2.60. The molecule has 114 valence electrons. The molecule has 0 bridgehead atoms. The minimum atomic E-state index is -0.818. The highest BCUT2D eigenvalue weighted by Crippen LogP contribution is 2.14. The number of aromatic nitrogens is 3. The molecule has 0 aliphatic rings. The third-order valence-electron chi connectivity index (χ3n) is 3.11. The lowest BCUT2D eigenvalue weighted by atomic mass is 10.1. The third kappa shape index (κ3) is 3.52. The molecule has 0 fully saturated rings. The van der Waals surface area contributed by atoms with Crippen LogP contribution in [0.25, 0.3) is 11.0 Å². The summed E-state index contributed by atoms with van der Waals surface area (Å²) in [6, 6.07) is 1.76. The van der Waals surface area contributed by atoms with Gasteiger partial charge in [0.1, 0.15) is 11.6 Å². The van der Waals surface area contributed by atoms with Crippen LogP contribution in [0, 0.1) is 10.7 Å². The molecule has 2 heterocycles. The second-order valence-corrected chi connectivity index (χ2v) is 5.68. The highest BCUT2D eigenvalue weighted by Gasteiger charge is 2.17. The number of carbonyl (C=O) groups is 1. The van der Waals surface area contributed by atoms with Crippen molar-refractivity contribution in [3.63, 3.8) is 0 Å². The Balaban J connectivity index is 2.40. The number of rotatable bonds is 5. The van der Waals surface area contributed by atoms with Gasteiger partial charge in [-0.15, -0.1) is 0 Å². The number of nitrogens with two attached hydrogens (primary N) is 1. The number of amides is 1. The normalized spacial score (nSPS) is 12.7. The Morgan fingerprint density at radius 1 is 1.52 bits per heavy atom. The number of aromatic amines is 2. The highest BCUT2D eigenvalue weighted by atomic mass is 32.1. The van der Waals surface area contributed by atoms with Gasteiger partial charge in [-0.1, -0.05) is 13.8 Å². The molecule has 1 amide bonds. The summed E-state index contributed by atoms with van der Waals surface area (Å²) in [5.74, 6) is 0.327. The first kappa shape index (κ1) is 15.3. The van der Waals surface area contributed by atoms with Gasteiger partial charge in [0.25, 0.3) is 5.56 Å². The number of hydrogen-bond donors (Lipinski definition) is 3. The van der Waals surface area contributed by atoms with E-state index in [2.05, 4.69) is 9.97 Å². The van der Waals surface area contributed by atoms with Gasteiger partial charge >= 0.3 is 6.09 Å². The number of hydrogen-bond acceptors (Lipinski definition) is 4. The first-order chi connectivity index (χ1) is 9.88. The van der Waals surface area contributed by atoms with Crippen LogP contribution in [0.5, 0.6) is 0 Å². The van der Waals surface area contributed by atoms with Crippen molar-refractivity contribution in [3.05, 3.63) is 27.4 Å². The van der Waals surface area contributed by atoms with E-state index in [9.17, 15) is 9.59 Å². The smallest absolute Gasteiger partial charge is 0.404 e. The Morgan fingerprint density at radius 2 is 2.24 bits per heavy atom. The fourth-order valence-electron chi connectivity index (χ4n) is 2.34. The van der Waals surface area contributed by atoms with Crippen LogP contribution < -0.4 is 11.3 Å². The van der Waals surface area contributed by atoms with Crippen LogP contribution >= 0.6 is 12.2 Å². The number of primary amides is 1. The molecule has 2 rings (SSSR count). The molecule has 2 aromatic rings. The SMILES string of the molecule is CC(C)CC(Cn1c(=S)[nH]c(=O)c2[nH]ccc21)OC(N)=O. The molecule has 4 N–H and O–H groups in total. The van der Waals surface area contributed by atoms with E-state index in [1.165, 1.54) is 0 Å². The summed E-state index contributed by atoms with van der Waals surface area (Å²) in [4.78, 5) is 28.3. The van der Waals surface area contributed by atoms with Crippen LogP contribution in [0.1, 0.15) is 20.3 Å². The quantitative estimate of drug-likeness (QED) is 0.733. The zero-order valence-electron chi connectivity index (χ0n) is 11.9. The van der Waals surface area contributed by atoms with E-state index < -0.39 is 12.2 Å². The first-order valence-electron chi connectivity index (χ1n) is 6.64. The van der Waals surface area contributed by atoms with Crippen LogP contribution in [0.15, 0.2) is 17.1 Å². The summed E-state index contributed by atoms with van der Waals surface area (Å²) in [6.45, 7) is 4.38. The van der Waals surface area contributed by atoms with E-state index in [0.29, 0.717) is 29.9 Å². The predicted octanol–water partition coefficient (Wildman–Crippen LogP) is 1.90. The molecule has 2 aromatic heterocycles. The third-order valence-corrected chi connectivity index (χ3v) is 3.43. The van der Waals surface area contributed by atoms with E-state index in [1.54, 1.807) is 16.8 Å². The summed E-state index contributed by atoms with van der Waals surface area (Å²) >= 11 is 5.20. The topological polar surface area (TPSA) is 106 Å². The average Bonchev–Trinajstić information content (AvgIpc) is 2.82. The lowest BCUT2D eigenvalue weighted by Gasteiger charge is -2.20. The molecule has 0 radical (unpaired) electrons. The van der Waals surface area contributed by atoms with Gasteiger partial charge in [0.15, 0.2) is 4.77 Å². The second kappa shape index (κ2) is 6.13. The van der Waals surface area contributed by atoms with Crippen LogP contribution in [0.2, 0.25) is 0 Å². The molecule has 1 atom stereocenters. The molecule has 0 saturated heterocycles. The molecular weight excluding hydrogens is 292 g/mol. The van der Waals surface area contributed by atoms with Crippen molar-refractivity contribution in [2.45, 2.75) is 32.9 Å². The average molecular weight is 310 g/mol. The van der Waals surface area contributed by atoms with Crippen LogP contribution in [0.4, 0.5) is 4.79 Å². The highest BCUT2D eigenvalue weighted by molar-refractivity contribution is 7.71. The van der Waals surface area contributed by atoms with E-state index in [-0.39, 0.29) is 10.3 Å². The molecule has 7 nitrogen and oxygen atoms in total. The predicted molar refractivity (Wildman–Crippen MR) is 81.7 cm³/mol. The van der Waals surface area contributed by atoms with Gasteiger partial charge in [0, 0.05) is 6.20 Å². The monoisotopic (exact) mass is 310 g/mol. The number of nitrogens with zero attached hydrogens (tertiary/aromatic N) is 1. The van der Waals surface area contributed by atoms with Gasteiger partial charge in [0.05, 0.1) is 12.1 Å². The molecule has 0 aliphatic carbocycles. The zero-order chi connectivity index (χ0) is 15.6. The zero-order valence-corrected chi connectivity index (χ0v) is 12.7. The summed E-state index contributed by atoms with van der Waals surface area (Å²) < 4.78 is 7.17. The molecule has 8 heteroatoms. The Kier molecular flexibility index (Phi) is 4.46. The van der Waals surface area contributed by atoms with Crippen LogP contribution in [-0.4, -0.2) is 26.7 Å². The molecule has 0 aromatic carbocycles. The summed E-state index contributed by atoms with van der Waals surface area (Å²) in [7, 11) is 0. The fraction of sp³-hybridized carbons (Fsp3) is 0.462. The van der Waals surface area contributed by atoms with E-state index in [4.69, 9.17) is 22.7 Å². The number of fused-ring (bicyclic) bond motifs is 1. The Hall–Kier alpha value is -2.09. The Labute approximate surface area is 126 Å². The van der Waals surface area contributed by atoms with Crippen molar-refractivity contribution in [1.29, 1.82) is 0 Å². The minimum Gasteiger partial charge on any atom is -0.444 e. The molecular formula is C13H18N4O3S. The maximum atomic E-state index is 11.8. The molecule has 0 saturated carbocycles. The molecule has 0 spiro atoms. The maximum Gasteiger partial charge on any atom is 0.404 e. The summed E-state index contributed by atoms with van der Waals surface area (Å²) in [5.41, 5.74) is 5.95. The van der Waals surface area contributed by atoms with Gasteiger partial charge in [-0.2, -0.15) is 0 Å². The Morgan fingerprint density at radius 3 is 2.86 bits per heavy atom. The molecule has 1 unspecified atom stereocenters. The largest absolute Gasteiger partial charge is 0.444 e. The van der Waals surface area contributed by atoms with Gasteiger partial charge in [-0.25, -0.2) is 4.79 Å². The summed E-state index contributed by atoms with van der Waals surface area (Å²) in [6.07, 6.45) is 1.09. The lowest BCUT2D eigenvalue weighted by Crippen LogP contribution is -2.29. The van der Waals surface area contributed by atoms with E-state index in [1.807, 2.05) is 13.8 Å². The van der Waals surface area contributed by atoms with Gasteiger partial charge in [0.2, 0.25) is 0 Å². The molecule has 21 heavy (non-hydrogen) atoms. The standard InChI is InChI=1S/C13H18N4O3S/c1-7(2)5-8(20-12(14)19)6-17-9-3-4-15-10(9)11(18)16-13(17)21/h3-4,7-8,15H,5-6H2,1-2H3,(H2,14,19)(H,16,18,21). The number of H-pyrrole nitrogens is 2. The first-order valence-corrected chi connectivity index (χ1v) is 7.05. The van der Waals surface area contributed by atoms with Crippen molar-refractivity contribution in [2.24, 2.45) is 11.7 Å². The molecule has 0 aliphatic heterocycles. The second-order valence-electron chi connectivity index (χ2n) is 5.30. The van der Waals surface area contributed by atoms with E-state index in [0.717, 1.165) is 0 Å². The van der Waals surface area contributed by atoms with Crippen LogP contribution in [0.3, 0.4) is 0 Å². The Bertz CT molecular complexity index is 759. The van der Waals surface area contributed by atoms with Gasteiger partial charge < -0.3 is 20.0 Å².